The van der Waals surface area contributed by atoms with E-state index in [0.717, 1.165) is 12.8 Å². The Morgan fingerprint density at radius 2 is 1.29 bits per heavy atom. The zero-order valence-electron chi connectivity index (χ0n) is 11.0. The SMILES string of the molecule is CCC(CC)(COC(=O)NC)COC(=O)NC. The molecule has 2 N–H and O–H groups in total. The molecule has 0 radical (unpaired) electrons. The van der Waals surface area contributed by atoms with Crippen molar-refractivity contribution in [3.63, 3.8) is 0 Å². The molecule has 0 aliphatic heterocycles. The third-order valence-electron chi connectivity index (χ3n) is 2.93. The summed E-state index contributed by atoms with van der Waals surface area (Å²) in [4.78, 5) is 22.1. The Bertz CT molecular complexity index is 230. The molecule has 0 aliphatic rings. The van der Waals surface area contributed by atoms with Gasteiger partial charge in [-0.3, -0.25) is 0 Å². The Balaban J connectivity index is 4.34. The van der Waals surface area contributed by atoms with Crippen LogP contribution in [0.4, 0.5) is 9.59 Å². The lowest BCUT2D eigenvalue weighted by Crippen LogP contribution is -2.36. The first kappa shape index (κ1) is 15.5. The van der Waals surface area contributed by atoms with Crippen LogP contribution in [0.2, 0.25) is 0 Å². The topological polar surface area (TPSA) is 76.7 Å². The molecule has 6 heteroatoms. The first-order valence-corrected chi connectivity index (χ1v) is 5.72. The van der Waals surface area contributed by atoms with Crippen LogP contribution in [-0.4, -0.2) is 39.5 Å². The quantitative estimate of drug-likeness (QED) is 0.744. The van der Waals surface area contributed by atoms with Crippen molar-refractivity contribution < 1.29 is 19.1 Å². The van der Waals surface area contributed by atoms with Crippen molar-refractivity contribution in [3.8, 4) is 0 Å². The van der Waals surface area contributed by atoms with E-state index in [4.69, 9.17) is 9.47 Å². The van der Waals surface area contributed by atoms with E-state index in [9.17, 15) is 9.59 Å². The third-order valence-corrected chi connectivity index (χ3v) is 2.93. The monoisotopic (exact) mass is 246 g/mol. The Morgan fingerprint density at radius 3 is 1.53 bits per heavy atom. The highest BCUT2D eigenvalue weighted by Gasteiger charge is 2.30. The maximum absolute atomic E-state index is 11.0. The largest absolute Gasteiger partial charge is 0.449 e. The van der Waals surface area contributed by atoms with Crippen molar-refractivity contribution in [1.82, 2.24) is 10.6 Å². The number of amides is 2. The zero-order chi connectivity index (χ0) is 13.3. The average Bonchev–Trinajstić information content (AvgIpc) is 2.38. The third kappa shape index (κ3) is 5.42. The van der Waals surface area contributed by atoms with E-state index in [1.165, 1.54) is 14.1 Å². The molecule has 0 heterocycles. The van der Waals surface area contributed by atoms with Gasteiger partial charge >= 0.3 is 12.2 Å². The van der Waals surface area contributed by atoms with Crippen LogP contribution >= 0.6 is 0 Å². The van der Waals surface area contributed by atoms with Gasteiger partial charge in [0.15, 0.2) is 0 Å². The lowest BCUT2D eigenvalue weighted by Gasteiger charge is -2.30. The van der Waals surface area contributed by atoms with E-state index in [1.807, 2.05) is 13.8 Å². The molecule has 0 aromatic rings. The smallest absolute Gasteiger partial charge is 0.406 e. The lowest BCUT2D eigenvalue weighted by atomic mass is 9.84. The Morgan fingerprint density at radius 1 is 0.941 bits per heavy atom. The van der Waals surface area contributed by atoms with E-state index in [0.29, 0.717) is 0 Å². The highest BCUT2D eigenvalue weighted by Crippen LogP contribution is 2.27. The zero-order valence-corrected chi connectivity index (χ0v) is 11.0. The van der Waals surface area contributed by atoms with Crippen LogP contribution in [0.25, 0.3) is 0 Å². The van der Waals surface area contributed by atoms with Crippen molar-refractivity contribution in [2.45, 2.75) is 26.7 Å². The van der Waals surface area contributed by atoms with Gasteiger partial charge in [-0.25, -0.2) is 9.59 Å². The number of nitrogens with one attached hydrogen (secondary N) is 2. The molecule has 17 heavy (non-hydrogen) atoms. The normalized spacial score (nSPS) is 10.6. The van der Waals surface area contributed by atoms with Gasteiger partial charge in [0.05, 0.1) is 0 Å². The molecule has 0 rings (SSSR count). The van der Waals surface area contributed by atoms with Gasteiger partial charge in [-0.05, 0) is 12.8 Å². The molecule has 0 spiro atoms. The molecule has 0 unspecified atom stereocenters. The maximum atomic E-state index is 11.0. The molecule has 0 fully saturated rings. The van der Waals surface area contributed by atoms with Crippen molar-refractivity contribution in [1.29, 1.82) is 0 Å². The second-order valence-electron chi connectivity index (χ2n) is 3.86. The van der Waals surface area contributed by atoms with E-state index < -0.39 is 12.2 Å². The molecule has 0 bridgehead atoms. The van der Waals surface area contributed by atoms with Gasteiger partial charge in [0, 0.05) is 19.5 Å². The standard InChI is InChI=1S/C11H22N2O4/c1-5-11(6-2,7-16-9(14)12-3)8-17-10(15)13-4/h5-8H2,1-4H3,(H,12,14)(H,13,15). The molecule has 0 aromatic heterocycles. The Labute approximate surface area is 102 Å². The van der Waals surface area contributed by atoms with E-state index in [-0.39, 0.29) is 18.6 Å². The molecule has 0 aliphatic carbocycles. The van der Waals surface area contributed by atoms with Crippen molar-refractivity contribution in [2.24, 2.45) is 5.41 Å². The molecule has 6 nitrogen and oxygen atoms in total. The fourth-order valence-corrected chi connectivity index (χ4v) is 1.28. The van der Waals surface area contributed by atoms with Crippen LogP contribution in [0, 0.1) is 5.41 Å². The minimum Gasteiger partial charge on any atom is -0.449 e. The minimum atomic E-state index is -0.476. The Kier molecular flexibility index (Phi) is 7.09. The molecule has 2 amide bonds. The lowest BCUT2D eigenvalue weighted by molar-refractivity contribution is 0.0220. The first-order valence-electron chi connectivity index (χ1n) is 5.72. The second kappa shape index (κ2) is 7.76. The van der Waals surface area contributed by atoms with E-state index in [1.54, 1.807) is 0 Å². The number of hydrogen-bond acceptors (Lipinski definition) is 4. The van der Waals surface area contributed by atoms with Gasteiger partial charge in [-0.1, -0.05) is 13.8 Å². The van der Waals surface area contributed by atoms with Crippen LogP contribution in [0.5, 0.6) is 0 Å². The number of alkyl carbamates (subject to hydrolysis) is 2. The summed E-state index contributed by atoms with van der Waals surface area (Å²) in [6.07, 6.45) is 0.571. The second-order valence-corrected chi connectivity index (χ2v) is 3.86. The van der Waals surface area contributed by atoms with Gasteiger partial charge in [0.1, 0.15) is 13.2 Å². The summed E-state index contributed by atoms with van der Waals surface area (Å²) in [6, 6.07) is 0. The number of ether oxygens (including phenoxy) is 2. The summed E-state index contributed by atoms with van der Waals surface area (Å²) in [5.41, 5.74) is -0.320. The number of carbonyl (C=O) groups excluding carboxylic acids is 2. The van der Waals surface area contributed by atoms with Crippen LogP contribution in [0.3, 0.4) is 0 Å². The number of rotatable bonds is 6. The van der Waals surface area contributed by atoms with Gasteiger partial charge in [0.2, 0.25) is 0 Å². The van der Waals surface area contributed by atoms with Crippen LogP contribution in [0.1, 0.15) is 26.7 Å². The van der Waals surface area contributed by atoms with Crippen LogP contribution < -0.4 is 10.6 Å². The number of hydrogen-bond donors (Lipinski definition) is 2. The number of carbonyl (C=O) groups is 2. The predicted molar refractivity (Wildman–Crippen MR) is 63.8 cm³/mol. The van der Waals surface area contributed by atoms with Gasteiger partial charge in [-0.15, -0.1) is 0 Å². The van der Waals surface area contributed by atoms with Crippen molar-refractivity contribution in [3.05, 3.63) is 0 Å². The molecule has 0 saturated heterocycles. The van der Waals surface area contributed by atoms with E-state index in [2.05, 4.69) is 10.6 Å². The molecule has 0 atom stereocenters. The average molecular weight is 246 g/mol. The summed E-state index contributed by atoms with van der Waals surface area (Å²) < 4.78 is 10.1. The van der Waals surface area contributed by atoms with Gasteiger partial charge in [-0.2, -0.15) is 0 Å². The summed E-state index contributed by atoms with van der Waals surface area (Å²) >= 11 is 0. The van der Waals surface area contributed by atoms with Crippen LogP contribution in [0.15, 0.2) is 0 Å². The van der Waals surface area contributed by atoms with Crippen LogP contribution in [-0.2, 0) is 9.47 Å². The van der Waals surface area contributed by atoms with Crippen molar-refractivity contribution >= 4 is 12.2 Å². The highest BCUT2D eigenvalue weighted by molar-refractivity contribution is 5.67. The molecular formula is C11H22N2O4. The first-order chi connectivity index (χ1) is 8.03. The van der Waals surface area contributed by atoms with Crippen molar-refractivity contribution in [2.75, 3.05) is 27.3 Å². The molecule has 0 aromatic carbocycles. The highest BCUT2D eigenvalue weighted by atomic mass is 16.6. The fourth-order valence-electron chi connectivity index (χ4n) is 1.28. The van der Waals surface area contributed by atoms with E-state index >= 15 is 0 Å². The van der Waals surface area contributed by atoms with Gasteiger partial charge in [0.25, 0.3) is 0 Å². The molecule has 0 saturated carbocycles. The summed E-state index contributed by atoms with van der Waals surface area (Å²) in [5.74, 6) is 0. The summed E-state index contributed by atoms with van der Waals surface area (Å²) in [7, 11) is 3.01. The summed E-state index contributed by atoms with van der Waals surface area (Å²) in [6.45, 7) is 4.42. The van der Waals surface area contributed by atoms with Gasteiger partial charge < -0.3 is 20.1 Å². The maximum Gasteiger partial charge on any atom is 0.406 e. The Hall–Kier alpha value is -1.46. The summed E-state index contributed by atoms with van der Waals surface area (Å²) in [5, 5.41) is 4.76. The molecule has 100 valence electrons. The predicted octanol–water partition coefficient (Wildman–Crippen LogP) is 1.50. The fraction of sp³-hybridized carbons (Fsp3) is 0.818. The molecular weight excluding hydrogens is 224 g/mol. The minimum absolute atomic E-state index is 0.233.